The second kappa shape index (κ2) is 3.52. The van der Waals surface area contributed by atoms with Crippen LogP contribution in [-0.2, 0) is 4.74 Å². The van der Waals surface area contributed by atoms with Crippen molar-refractivity contribution in [2.24, 2.45) is 0 Å². The molecule has 0 spiro atoms. The molecule has 11 heavy (non-hydrogen) atoms. The molecule has 0 aromatic carbocycles. The van der Waals surface area contributed by atoms with Gasteiger partial charge in [0.2, 0.25) is 0 Å². The first-order chi connectivity index (χ1) is 5.15. The van der Waals surface area contributed by atoms with E-state index in [1.165, 1.54) is 0 Å². The molecule has 4 atom stereocenters. The third kappa shape index (κ3) is 1.92. The molecule has 1 saturated heterocycles. The normalized spacial score (nSPS) is 45.8. The van der Waals surface area contributed by atoms with Gasteiger partial charge in [-0.25, -0.2) is 0 Å². The number of nitrogens with one attached hydrogen (secondary N) is 1. The van der Waals surface area contributed by atoms with Gasteiger partial charge in [0.05, 0.1) is 18.3 Å². The van der Waals surface area contributed by atoms with Crippen molar-refractivity contribution in [2.75, 3.05) is 7.05 Å². The Hall–Kier alpha value is -0.120. The Balaban J connectivity index is 2.51. The Bertz CT molecular complexity index is 129. The predicted molar refractivity (Wildman–Crippen MR) is 43.5 cm³/mol. The van der Waals surface area contributed by atoms with Gasteiger partial charge in [0.15, 0.2) is 0 Å². The van der Waals surface area contributed by atoms with E-state index in [1.807, 2.05) is 20.9 Å². The topological polar surface area (TPSA) is 41.5 Å². The van der Waals surface area contributed by atoms with Crippen LogP contribution in [-0.4, -0.2) is 36.5 Å². The van der Waals surface area contributed by atoms with E-state index >= 15 is 0 Å². The molecule has 1 heterocycles. The molecule has 3 nitrogen and oxygen atoms in total. The minimum absolute atomic E-state index is 0.0452. The van der Waals surface area contributed by atoms with Gasteiger partial charge >= 0.3 is 0 Å². The van der Waals surface area contributed by atoms with Gasteiger partial charge in [0.1, 0.15) is 0 Å². The van der Waals surface area contributed by atoms with Crippen molar-refractivity contribution < 1.29 is 9.84 Å². The smallest absolute Gasteiger partial charge is 0.0952 e. The zero-order chi connectivity index (χ0) is 8.43. The fraction of sp³-hybridized carbons (Fsp3) is 1.00. The molecule has 0 aliphatic carbocycles. The van der Waals surface area contributed by atoms with Gasteiger partial charge in [-0.1, -0.05) is 0 Å². The summed E-state index contributed by atoms with van der Waals surface area (Å²) in [6.45, 7) is 3.94. The third-order valence-electron chi connectivity index (χ3n) is 2.30. The number of hydrogen-bond donors (Lipinski definition) is 2. The monoisotopic (exact) mass is 159 g/mol. The Kier molecular flexibility index (Phi) is 2.87. The highest BCUT2D eigenvalue weighted by molar-refractivity contribution is 4.85. The molecule has 3 unspecified atom stereocenters. The van der Waals surface area contributed by atoms with E-state index in [2.05, 4.69) is 5.32 Å². The minimum Gasteiger partial charge on any atom is -0.389 e. The van der Waals surface area contributed by atoms with Crippen molar-refractivity contribution in [3.8, 4) is 0 Å². The lowest BCUT2D eigenvalue weighted by molar-refractivity contribution is -0.116. The van der Waals surface area contributed by atoms with E-state index < -0.39 is 0 Å². The average Bonchev–Trinajstić information content (AvgIpc) is 1.96. The summed E-state index contributed by atoms with van der Waals surface area (Å²) < 4.78 is 5.44. The Morgan fingerprint density at radius 2 is 2.09 bits per heavy atom. The quantitative estimate of drug-likeness (QED) is 0.571. The maximum atomic E-state index is 9.57. The third-order valence-corrected chi connectivity index (χ3v) is 2.30. The van der Waals surface area contributed by atoms with Crippen molar-refractivity contribution in [1.82, 2.24) is 5.32 Å². The van der Waals surface area contributed by atoms with Crippen molar-refractivity contribution >= 4 is 0 Å². The summed E-state index contributed by atoms with van der Waals surface area (Å²) in [5, 5.41) is 12.7. The Labute approximate surface area is 67.7 Å². The Morgan fingerprint density at radius 1 is 1.45 bits per heavy atom. The molecule has 2 N–H and O–H groups in total. The van der Waals surface area contributed by atoms with Crippen LogP contribution in [0.2, 0.25) is 0 Å². The number of aliphatic hydroxyl groups is 1. The first-order valence-electron chi connectivity index (χ1n) is 4.16. The van der Waals surface area contributed by atoms with Crippen LogP contribution in [0.15, 0.2) is 0 Å². The van der Waals surface area contributed by atoms with E-state index in [0.717, 1.165) is 6.42 Å². The fourth-order valence-corrected chi connectivity index (χ4v) is 1.62. The predicted octanol–water partition coefficient (Wildman–Crippen LogP) is 0.133. The van der Waals surface area contributed by atoms with E-state index in [1.54, 1.807) is 0 Å². The SMILES string of the molecule is CNC1CC(C)O[C@@H](C)C1O. The first kappa shape index (κ1) is 8.97. The van der Waals surface area contributed by atoms with Crippen molar-refractivity contribution in [1.29, 1.82) is 0 Å². The molecule has 1 aliphatic heterocycles. The highest BCUT2D eigenvalue weighted by Gasteiger charge is 2.31. The van der Waals surface area contributed by atoms with Crippen molar-refractivity contribution in [3.05, 3.63) is 0 Å². The number of hydrogen-bond acceptors (Lipinski definition) is 3. The van der Waals surface area contributed by atoms with Crippen LogP contribution in [0.5, 0.6) is 0 Å². The standard InChI is InChI=1S/C8H17NO2/c1-5-4-7(9-3)8(10)6(2)11-5/h5-10H,4H2,1-3H3/t5?,6-,7?,8?/m0/s1. The van der Waals surface area contributed by atoms with E-state index in [4.69, 9.17) is 4.74 Å². The summed E-state index contributed by atoms with van der Waals surface area (Å²) in [5.41, 5.74) is 0. The van der Waals surface area contributed by atoms with Crippen LogP contribution < -0.4 is 5.32 Å². The van der Waals surface area contributed by atoms with Gasteiger partial charge in [-0.2, -0.15) is 0 Å². The number of rotatable bonds is 1. The Morgan fingerprint density at radius 3 is 2.64 bits per heavy atom. The molecule has 0 aromatic rings. The van der Waals surface area contributed by atoms with Gasteiger partial charge < -0.3 is 15.2 Å². The lowest BCUT2D eigenvalue weighted by atomic mass is 9.97. The summed E-state index contributed by atoms with van der Waals surface area (Å²) in [6.07, 6.45) is 0.736. The highest BCUT2D eigenvalue weighted by Crippen LogP contribution is 2.19. The summed E-state index contributed by atoms with van der Waals surface area (Å²) in [5.74, 6) is 0. The zero-order valence-corrected chi connectivity index (χ0v) is 7.37. The summed E-state index contributed by atoms with van der Waals surface area (Å²) in [6, 6.07) is 0.189. The molecule has 1 fully saturated rings. The molecule has 1 rings (SSSR count). The minimum atomic E-state index is -0.365. The van der Waals surface area contributed by atoms with Crippen LogP contribution in [0.1, 0.15) is 20.3 Å². The lowest BCUT2D eigenvalue weighted by Gasteiger charge is -2.36. The van der Waals surface area contributed by atoms with Crippen LogP contribution in [0.4, 0.5) is 0 Å². The van der Waals surface area contributed by atoms with Crippen LogP contribution in [0.3, 0.4) is 0 Å². The summed E-state index contributed by atoms with van der Waals surface area (Å²) in [7, 11) is 1.87. The second-order valence-corrected chi connectivity index (χ2v) is 3.27. The van der Waals surface area contributed by atoms with Gasteiger partial charge in [0, 0.05) is 6.04 Å². The van der Waals surface area contributed by atoms with E-state index in [0.29, 0.717) is 0 Å². The molecule has 3 heteroatoms. The molecule has 66 valence electrons. The molecular weight excluding hydrogens is 142 g/mol. The molecule has 0 amide bonds. The molecule has 0 bridgehead atoms. The maximum absolute atomic E-state index is 9.57. The molecule has 0 aromatic heterocycles. The van der Waals surface area contributed by atoms with E-state index in [-0.39, 0.29) is 24.4 Å². The van der Waals surface area contributed by atoms with Gasteiger partial charge in [-0.3, -0.25) is 0 Å². The van der Waals surface area contributed by atoms with Crippen molar-refractivity contribution in [3.63, 3.8) is 0 Å². The van der Waals surface area contributed by atoms with Gasteiger partial charge in [-0.05, 0) is 27.3 Å². The van der Waals surface area contributed by atoms with Gasteiger partial charge in [-0.15, -0.1) is 0 Å². The number of aliphatic hydroxyl groups excluding tert-OH is 1. The average molecular weight is 159 g/mol. The van der Waals surface area contributed by atoms with Crippen LogP contribution >= 0.6 is 0 Å². The van der Waals surface area contributed by atoms with Crippen LogP contribution in [0.25, 0.3) is 0 Å². The summed E-state index contributed by atoms with van der Waals surface area (Å²) in [4.78, 5) is 0. The summed E-state index contributed by atoms with van der Waals surface area (Å²) >= 11 is 0. The molecule has 1 aliphatic rings. The largest absolute Gasteiger partial charge is 0.389 e. The lowest BCUT2D eigenvalue weighted by Crippen LogP contribution is -2.51. The van der Waals surface area contributed by atoms with E-state index in [9.17, 15) is 5.11 Å². The maximum Gasteiger partial charge on any atom is 0.0952 e. The second-order valence-electron chi connectivity index (χ2n) is 3.27. The van der Waals surface area contributed by atoms with Crippen LogP contribution in [0, 0.1) is 0 Å². The molecule has 0 saturated carbocycles. The fourth-order valence-electron chi connectivity index (χ4n) is 1.62. The number of likely N-dealkylation sites (N-methyl/N-ethyl adjacent to an activating group) is 1. The first-order valence-corrected chi connectivity index (χ1v) is 4.16. The molecule has 0 radical (unpaired) electrons. The van der Waals surface area contributed by atoms with Crippen molar-refractivity contribution in [2.45, 2.75) is 44.6 Å². The highest BCUT2D eigenvalue weighted by atomic mass is 16.5. The molecular formula is C8H17NO2. The van der Waals surface area contributed by atoms with Gasteiger partial charge in [0.25, 0.3) is 0 Å². The number of ether oxygens (including phenoxy) is 1. The zero-order valence-electron chi connectivity index (χ0n) is 7.37.